The lowest BCUT2D eigenvalue weighted by atomic mass is 10.0. The van der Waals surface area contributed by atoms with Gasteiger partial charge in [-0.05, 0) is 19.3 Å². The van der Waals surface area contributed by atoms with Gasteiger partial charge in [-0.3, -0.25) is 14.7 Å². The first-order chi connectivity index (χ1) is 38.6. The zero-order valence-corrected chi connectivity index (χ0v) is 52.9. The van der Waals surface area contributed by atoms with E-state index in [0.29, 0.717) is 57.9 Å². The lowest BCUT2D eigenvalue weighted by Gasteiger charge is -2.28. The highest BCUT2D eigenvalue weighted by Crippen LogP contribution is 2.22. The summed E-state index contributed by atoms with van der Waals surface area (Å²) in [6.07, 6.45) is 64.7. The van der Waals surface area contributed by atoms with Crippen molar-refractivity contribution in [1.82, 2.24) is 15.0 Å². The molecule has 0 aliphatic rings. The van der Waals surface area contributed by atoms with Crippen molar-refractivity contribution in [1.29, 1.82) is 0 Å². The van der Waals surface area contributed by atoms with Gasteiger partial charge in [0.2, 0.25) is 17.8 Å². The van der Waals surface area contributed by atoms with Crippen LogP contribution in [0.5, 0.6) is 0 Å². The molecule has 1 aromatic heterocycles. The number of nitrogens with zero attached hydrogens (tertiary/aromatic N) is 6. The van der Waals surface area contributed by atoms with Crippen molar-refractivity contribution in [2.75, 3.05) is 96.2 Å². The minimum atomic E-state index is 0.266. The lowest BCUT2D eigenvalue weighted by molar-refractivity contribution is 0.0971. The molecule has 0 spiro atoms. The molecule has 0 unspecified atom stereocenters. The minimum absolute atomic E-state index is 0.266. The molecular weight excluding hydrogens is 973 g/mol. The Labute approximate surface area is 484 Å². The summed E-state index contributed by atoms with van der Waals surface area (Å²) >= 11 is 0. The van der Waals surface area contributed by atoms with Crippen LogP contribution in [0.4, 0.5) is 17.8 Å². The van der Waals surface area contributed by atoms with E-state index in [1.807, 2.05) is 14.7 Å². The largest absolute Gasteiger partial charge is 0.364 e. The van der Waals surface area contributed by atoms with Gasteiger partial charge in [-0.2, -0.15) is 15.0 Å². The van der Waals surface area contributed by atoms with Gasteiger partial charge in [0.05, 0.1) is 0 Å². The number of unbranched alkanes of at least 4 members (excludes halogenated alkanes) is 45. The van der Waals surface area contributed by atoms with Crippen molar-refractivity contribution < 1.29 is 28.4 Å². The molecule has 0 aromatic carbocycles. The fourth-order valence-corrected chi connectivity index (χ4v) is 10.5. The molecule has 0 fully saturated rings. The summed E-state index contributed by atoms with van der Waals surface area (Å²) in [5.74, 6) is 1.38. The second-order valence-corrected chi connectivity index (χ2v) is 23.1. The van der Waals surface area contributed by atoms with Crippen molar-refractivity contribution in [3.05, 3.63) is 0 Å². The van der Waals surface area contributed by atoms with Gasteiger partial charge in [-0.15, -0.1) is 0 Å². The molecule has 12 heteroatoms. The molecule has 0 atom stereocenters. The fraction of sp³-hybridized carbons (Fsp3) is 0.955. The summed E-state index contributed by atoms with van der Waals surface area (Å²) in [7, 11) is 5.08. The van der Waals surface area contributed by atoms with Gasteiger partial charge in [-0.25, -0.2) is 0 Å². The third-order valence-corrected chi connectivity index (χ3v) is 15.5. The predicted molar refractivity (Wildman–Crippen MR) is 334 cm³/mol. The molecule has 0 radical (unpaired) electrons. The molecule has 462 valence electrons. The van der Waals surface area contributed by atoms with Crippen LogP contribution in [0.25, 0.3) is 0 Å². The third-order valence-electron chi connectivity index (χ3n) is 15.5. The summed E-state index contributed by atoms with van der Waals surface area (Å²) in [6.45, 7) is 10.6. The molecule has 1 aromatic rings. The number of hydrogen-bond acceptors (Lipinski definition) is 12. The zero-order chi connectivity index (χ0) is 56.1. The van der Waals surface area contributed by atoms with Crippen molar-refractivity contribution in [2.24, 2.45) is 0 Å². The predicted octanol–water partition coefficient (Wildman–Crippen LogP) is 19.8. The molecular formula is C66H132N6O6. The first-order valence-corrected chi connectivity index (χ1v) is 33.9. The number of anilines is 3. The average molecular weight is 1110 g/mol. The summed E-state index contributed by atoms with van der Waals surface area (Å²) < 4.78 is 35.9. The van der Waals surface area contributed by atoms with E-state index in [1.54, 1.807) is 21.3 Å². The quantitative estimate of drug-likeness (QED) is 0.0458. The van der Waals surface area contributed by atoms with E-state index in [4.69, 9.17) is 43.4 Å². The SMILES string of the molecule is CCCCCCCCCCCCCCCCCCOCN(COC)c1nc(N(COC)COCCCCCCCCCCCCCCCCCC)nc(N(COC)COCCCCCCCCCCCCCCCCCC)n1. The second-order valence-electron chi connectivity index (χ2n) is 23.1. The number of ether oxygens (including phenoxy) is 6. The van der Waals surface area contributed by atoms with Crippen LogP contribution in [-0.2, 0) is 28.4 Å². The van der Waals surface area contributed by atoms with E-state index >= 15 is 0 Å². The highest BCUT2D eigenvalue weighted by Gasteiger charge is 2.21. The van der Waals surface area contributed by atoms with Crippen LogP contribution in [0, 0.1) is 0 Å². The zero-order valence-electron chi connectivity index (χ0n) is 52.9. The van der Waals surface area contributed by atoms with Crippen LogP contribution in [0.3, 0.4) is 0 Å². The highest BCUT2D eigenvalue weighted by atomic mass is 16.5. The monoisotopic (exact) mass is 1110 g/mol. The molecule has 0 N–H and O–H groups in total. The van der Waals surface area contributed by atoms with Gasteiger partial charge in [0.15, 0.2) is 0 Å². The van der Waals surface area contributed by atoms with Crippen LogP contribution >= 0.6 is 0 Å². The van der Waals surface area contributed by atoms with Gasteiger partial charge in [0, 0.05) is 41.2 Å². The maximum atomic E-state index is 6.28. The molecule has 0 aliphatic heterocycles. The molecule has 0 saturated carbocycles. The molecule has 78 heavy (non-hydrogen) atoms. The molecule has 1 rings (SSSR count). The van der Waals surface area contributed by atoms with Gasteiger partial charge in [-0.1, -0.05) is 310 Å². The van der Waals surface area contributed by atoms with Gasteiger partial charge in [0.25, 0.3) is 0 Å². The number of aromatic nitrogens is 3. The number of rotatable bonds is 66. The van der Waals surface area contributed by atoms with Crippen LogP contribution in [-0.4, -0.2) is 96.5 Å². The van der Waals surface area contributed by atoms with E-state index in [2.05, 4.69) is 20.8 Å². The summed E-state index contributed by atoms with van der Waals surface area (Å²) in [6, 6.07) is 0. The normalized spacial score (nSPS) is 11.6. The van der Waals surface area contributed by atoms with E-state index in [-0.39, 0.29) is 20.2 Å². The molecule has 0 saturated heterocycles. The van der Waals surface area contributed by atoms with E-state index in [1.165, 1.54) is 289 Å². The summed E-state index contributed by atoms with van der Waals surface area (Å²) in [5, 5.41) is 0. The second kappa shape index (κ2) is 61.2. The third kappa shape index (κ3) is 47.8. The van der Waals surface area contributed by atoms with Crippen molar-refractivity contribution in [2.45, 2.75) is 329 Å². The topological polar surface area (TPSA) is 104 Å². The molecule has 1 heterocycles. The Hall–Kier alpha value is -1.83. The van der Waals surface area contributed by atoms with Crippen LogP contribution in [0.15, 0.2) is 0 Å². The van der Waals surface area contributed by atoms with E-state index in [9.17, 15) is 0 Å². The van der Waals surface area contributed by atoms with Gasteiger partial charge >= 0.3 is 0 Å². The van der Waals surface area contributed by atoms with Crippen LogP contribution in [0.1, 0.15) is 329 Å². The Bertz CT molecular complexity index is 1150. The summed E-state index contributed by atoms with van der Waals surface area (Å²) in [5.41, 5.74) is 0. The van der Waals surface area contributed by atoms with Gasteiger partial charge in [0.1, 0.15) is 40.4 Å². The Morgan fingerprint density at radius 3 is 0.526 bits per heavy atom. The van der Waals surface area contributed by atoms with Gasteiger partial charge < -0.3 is 28.4 Å². The van der Waals surface area contributed by atoms with Crippen molar-refractivity contribution in [3.8, 4) is 0 Å². The first-order valence-electron chi connectivity index (χ1n) is 33.9. The lowest BCUT2D eigenvalue weighted by Crippen LogP contribution is -2.36. The van der Waals surface area contributed by atoms with E-state index in [0.717, 1.165) is 19.3 Å². The molecule has 12 nitrogen and oxygen atoms in total. The molecule has 0 bridgehead atoms. The molecule has 0 aliphatic carbocycles. The number of methoxy groups -OCH3 is 3. The Balaban J connectivity index is 2.70. The number of hydrogen-bond donors (Lipinski definition) is 0. The highest BCUT2D eigenvalue weighted by molar-refractivity contribution is 5.45. The first kappa shape index (κ1) is 74.2. The Morgan fingerprint density at radius 2 is 0.372 bits per heavy atom. The fourth-order valence-electron chi connectivity index (χ4n) is 10.5. The van der Waals surface area contributed by atoms with Crippen LogP contribution < -0.4 is 14.7 Å². The maximum absolute atomic E-state index is 6.28. The van der Waals surface area contributed by atoms with Crippen LogP contribution in [0.2, 0.25) is 0 Å². The molecule has 0 amide bonds. The minimum Gasteiger partial charge on any atom is -0.364 e. The van der Waals surface area contributed by atoms with E-state index < -0.39 is 0 Å². The van der Waals surface area contributed by atoms with Crippen molar-refractivity contribution >= 4 is 17.8 Å². The van der Waals surface area contributed by atoms with Crippen molar-refractivity contribution in [3.63, 3.8) is 0 Å². The Kier molecular flexibility index (Phi) is 58.2. The Morgan fingerprint density at radius 1 is 0.218 bits per heavy atom. The summed E-state index contributed by atoms with van der Waals surface area (Å²) in [4.78, 5) is 20.8. The maximum Gasteiger partial charge on any atom is 0.235 e. The smallest absolute Gasteiger partial charge is 0.235 e. The average Bonchev–Trinajstić information content (AvgIpc) is 3.45. The standard InChI is InChI=1S/C66H132N6O6/c1-7-10-13-16-19-22-25-28-31-34-37-40-43-46-49-52-55-76-61-70(58-73-4)64-67-65(71(59-74-5)62-77-56-53-50-47-44-41-38-35-32-29-26-23-20-17-14-11-8-2)69-66(68-64)72(60-75-6)63-78-57-54-51-48-45-42-39-36-33-30-27-24-21-18-15-12-9-3/h7-63H2,1-6H3.